The lowest BCUT2D eigenvalue weighted by Crippen LogP contribution is -2.48. The summed E-state index contributed by atoms with van der Waals surface area (Å²) in [6.45, 7) is 5.39. The third kappa shape index (κ3) is 6.59. The average Bonchev–Trinajstić information content (AvgIpc) is 3.11. The second-order valence-electron chi connectivity index (χ2n) is 6.88. The number of aliphatic hydroxyl groups excluding tert-OH is 1. The Labute approximate surface area is 174 Å². The largest absolute Gasteiger partial charge is 0.396 e. The number of hydrogen-bond donors (Lipinski definition) is 3. The number of benzene rings is 1. The van der Waals surface area contributed by atoms with E-state index in [-0.39, 0.29) is 36.0 Å². The minimum absolute atomic E-state index is 0. The van der Waals surface area contributed by atoms with Crippen molar-refractivity contribution in [2.75, 3.05) is 51.9 Å². The van der Waals surface area contributed by atoms with E-state index in [1.54, 1.807) is 7.05 Å². The summed E-state index contributed by atoms with van der Waals surface area (Å²) in [5.74, 6) is 0.789. The fourth-order valence-corrected chi connectivity index (χ4v) is 3.10. The summed E-state index contributed by atoms with van der Waals surface area (Å²) in [5.41, 5.74) is 1.21. The molecule has 0 radical (unpaired) electrons. The summed E-state index contributed by atoms with van der Waals surface area (Å²) in [6, 6.07) is 10.7. The molecule has 2 unspecified atom stereocenters. The highest BCUT2D eigenvalue weighted by Crippen LogP contribution is 2.31. The van der Waals surface area contributed by atoms with Crippen molar-refractivity contribution in [3.8, 4) is 0 Å². The van der Waals surface area contributed by atoms with Crippen molar-refractivity contribution >= 4 is 35.6 Å². The number of rotatable bonds is 8. The molecule has 1 aromatic rings. The summed E-state index contributed by atoms with van der Waals surface area (Å²) >= 11 is 0. The topological polar surface area (TPSA) is 69.1 Å². The molecule has 0 saturated carbocycles. The van der Waals surface area contributed by atoms with Gasteiger partial charge in [0.1, 0.15) is 0 Å². The van der Waals surface area contributed by atoms with Crippen LogP contribution in [0.25, 0.3) is 0 Å². The lowest BCUT2D eigenvalue weighted by Gasteiger charge is -2.30. The van der Waals surface area contributed by atoms with Gasteiger partial charge in [-0.15, -0.1) is 24.0 Å². The first-order valence-corrected chi connectivity index (χ1v) is 9.01. The number of halogens is 1. The van der Waals surface area contributed by atoms with Gasteiger partial charge in [-0.05, 0) is 31.9 Å². The number of nitrogens with zero attached hydrogens (tertiary/aromatic N) is 2. The van der Waals surface area contributed by atoms with Crippen molar-refractivity contribution < 1.29 is 9.84 Å². The molecule has 6 nitrogen and oxygen atoms in total. The second-order valence-corrected chi connectivity index (χ2v) is 6.88. The zero-order chi connectivity index (χ0) is 18.1. The number of para-hydroxylation sites is 1. The van der Waals surface area contributed by atoms with E-state index in [0.29, 0.717) is 12.6 Å². The Morgan fingerprint density at radius 1 is 1.35 bits per heavy atom. The predicted molar refractivity (Wildman–Crippen MR) is 119 cm³/mol. The standard InChI is InChI=1S/C19H32N4O2.HI/c1-16(23(3)17-7-5-4-6-8-17)13-21-18(20-2)22-14-19(9-11-24)10-12-25-15-19;/h4-8,16,24H,9-15H2,1-3H3,(H2,20,21,22);1H. The van der Waals surface area contributed by atoms with Gasteiger partial charge in [0.25, 0.3) is 0 Å². The van der Waals surface area contributed by atoms with Gasteiger partial charge in [-0.2, -0.15) is 0 Å². The van der Waals surface area contributed by atoms with E-state index in [9.17, 15) is 5.11 Å². The number of aliphatic imine (C=N–C) groups is 1. The molecule has 0 spiro atoms. The van der Waals surface area contributed by atoms with Gasteiger partial charge in [0.15, 0.2) is 5.96 Å². The molecule has 26 heavy (non-hydrogen) atoms. The summed E-state index contributed by atoms with van der Waals surface area (Å²) < 4.78 is 5.54. The molecule has 7 heteroatoms. The van der Waals surface area contributed by atoms with Crippen LogP contribution in [0.1, 0.15) is 19.8 Å². The Balaban J connectivity index is 0.00000338. The molecule has 148 valence electrons. The predicted octanol–water partition coefficient (Wildman–Crippen LogP) is 2.08. The molecule has 0 aliphatic carbocycles. The molecule has 1 aromatic carbocycles. The first-order valence-electron chi connectivity index (χ1n) is 9.01. The SMILES string of the molecule is CN=C(NCC(C)N(C)c1ccccc1)NCC1(CCO)CCOC1.I. The van der Waals surface area contributed by atoms with Crippen LogP contribution < -0.4 is 15.5 Å². The van der Waals surface area contributed by atoms with Crippen LogP contribution in [0, 0.1) is 5.41 Å². The van der Waals surface area contributed by atoms with Crippen molar-refractivity contribution in [1.82, 2.24) is 10.6 Å². The maximum absolute atomic E-state index is 9.33. The van der Waals surface area contributed by atoms with Crippen LogP contribution >= 0.6 is 24.0 Å². The molecule has 0 aromatic heterocycles. The van der Waals surface area contributed by atoms with Gasteiger partial charge in [0.2, 0.25) is 0 Å². The van der Waals surface area contributed by atoms with E-state index >= 15 is 0 Å². The molecular formula is C19H33IN4O2. The minimum atomic E-state index is 0. The average molecular weight is 476 g/mol. The lowest BCUT2D eigenvalue weighted by molar-refractivity contribution is 0.127. The number of aliphatic hydroxyl groups is 1. The number of hydrogen-bond acceptors (Lipinski definition) is 4. The van der Waals surface area contributed by atoms with Crippen molar-refractivity contribution in [1.29, 1.82) is 0 Å². The molecular weight excluding hydrogens is 443 g/mol. The molecule has 1 aliphatic rings. The number of anilines is 1. The quantitative estimate of drug-likeness (QED) is 0.305. The van der Waals surface area contributed by atoms with E-state index < -0.39 is 0 Å². The number of nitrogens with one attached hydrogen (secondary N) is 2. The van der Waals surface area contributed by atoms with Gasteiger partial charge in [-0.1, -0.05) is 18.2 Å². The summed E-state index contributed by atoms with van der Waals surface area (Å²) in [6.07, 6.45) is 1.73. The Kier molecular flexibility index (Phi) is 10.3. The minimum Gasteiger partial charge on any atom is -0.396 e. The lowest BCUT2D eigenvalue weighted by atomic mass is 9.84. The van der Waals surface area contributed by atoms with Gasteiger partial charge >= 0.3 is 0 Å². The van der Waals surface area contributed by atoms with Crippen molar-refractivity contribution in [3.63, 3.8) is 0 Å². The van der Waals surface area contributed by atoms with Gasteiger partial charge in [-0.25, -0.2) is 0 Å². The van der Waals surface area contributed by atoms with Crippen LogP contribution in [0.5, 0.6) is 0 Å². The third-order valence-electron chi connectivity index (χ3n) is 5.07. The smallest absolute Gasteiger partial charge is 0.191 e. The molecule has 0 bridgehead atoms. The molecule has 0 amide bonds. The molecule has 3 N–H and O–H groups in total. The van der Waals surface area contributed by atoms with Gasteiger partial charge in [-0.3, -0.25) is 4.99 Å². The number of likely N-dealkylation sites (N-methyl/N-ethyl adjacent to an activating group) is 1. The summed E-state index contributed by atoms with van der Waals surface area (Å²) in [5, 5.41) is 16.1. The van der Waals surface area contributed by atoms with Crippen LogP contribution in [-0.4, -0.2) is 64.1 Å². The Hall–Kier alpha value is -1.06. The van der Waals surface area contributed by atoms with Crippen LogP contribution in [0.4, 0.5) is 5.69 Å². The zero-order valence-corrected chi connectivity index (χ0v) is 18.4. The third-order valence-corrected chi connectivity index (χ3v) is 5.07. The molecule has 1 aliphatic heterocycles. The fourth-order valence-electron chi connectivity index (χ4n) is 3.10. The monoisotopic (exact) mass is 476 g/mol. The van der Waals surface area contributed by atoms with Gasteiger partial charge < -0.3 is 25.4 Å². The maximum atomic E-state index is 9.33. The molecule has 1 fully saturated rings. The van der Waals surface area contributed by atoms with Crippen LogP contribution in [-0.2, 0) is 4.74 Å². The highest BCUT2D eigenvalue weighted by atomic mass is 127. The maximum Gasteiger partial charge on any atom is 0.191 e. The first-order chi connectivity index (χ1) is 12.1. The second kappa shape index (κ2) is 11.6. The van der Waals surface area contributed by atoms with Crippen LogP contribution in [0.3, 0.4) is 0 Å². The molecule has 2 atom stereocenters. The number of guanidine groups is 1. The van der Waals surface area contributed by atoms with E-state index in [0.717, 1.165) is 38.5 Å². The fraction of sp³-hybridized carbons (Fsp3) is 0.632. The van der Waals surface area contributed by atoms with Gasteiger partial charge in [0, 0.05) is 57.5 Å². The van der Waals surface area contributed by atoms with E-state index in [4.69, 9.17) is 4.74 Å². The Morgan fingerprint density at radius 3 is 2.65 bits per heavy atom. The molecule has 1 saturated heterocycles. The highest BCUT2D eigenvalue weighted by molar-refractivity contribution is 14.0. The normalized spacial score (nSPS) is 21.0. The highest BCUT2D eigenvalue weighted by Gasteiger charge is 2.34. The summed E-state index contributed by atoms with van der Waals surface area (Å²) in [4.78, 5) is 6.57. The van der Waals surface area contributed by atoms with Crippen molar-refractivity contribution in [2.45, 2.75) is 25.8 Å². The van der Waals surface area contributed by atoms with E-state index in [2.05, 4.69) is 58.8 Å². The van der Waals surface area contributed by atoms with E-state index in [1.165, 1.54) is 5.69 Å². The first kappa shape index (κ1) is 23.0. The number of ether oxygens (including phenoxy) is 1. The van der Waals surface area contributed by atoms with Crippen molar-refractivity contribution in [2.24, 2.45) is 10.4 Å². The van der Waals surface area contributed by atoms with Crippen molar-refractivity contribution in [3.05, 3.63) is 30.3 Å². The Bertz CT molecular complexity index is 536. The Morgan fingerprint density at radius 2 is 2.08 bits per heavy atom. The van der Waals surface area contributed by atoms with Gasteiger partial charge in [0.05, 0.1) is 6.61 Å². The molecule has 2 rings (SSSR count). The van der Waals surface area contributed by atoms with E-state index in [1.807, 2.05) is 6.07 Å². The summed E-state index contributed by atoms with van der Waals surface area (Å²) in [7, 11) is 3.88. The zero-order valence-electron chi connectivity index (χ0n) is 16.1. The van der Waals surface area contributed by atoms with Crippen LogP contribution in [0.15, 0.2) is 35.3 Å². The van der Waals surface area contributed by atoms with Crippen LogP contribution in [0.2, 0.25) is 0 Å². The molecule has 1 heterocycles.